The first-order chi connectivity index (χ1) is 15.5. The summed E-state index contributed by atoms with van der Waals surface area (Å²) in [6, 6.07) is 4.65. The zero-order valence-electron chi connectivity index (χ0n) is 18.5. The van der Waals surface area contributed by atoms with Gasteiger partial charge in [-0.2, -0.15) is 0 Å². The van der Waals surface area contributed by atoms with E-state index in [4.69, 9.17) is 4.74 Å². The van der Waals surface area contributed by atoms with Gasteiger partial charge in [-0.15, -0.1) is 0 Å². The Balaban J connectivity index is 0.00000149. The van der Waals surface area contributed by atoms with Crippen LogP contribution < -0.4 is 14.8 Å². The number of hydrogen-bond acceptors (Lipinski definition) is 6. The number of benzene rings is 2. The smallest absolute Gasteiger partial charge is 0.238 e. The van der Waals surface area contributed by atoms with Crippen molar-refractivity contribution >= 4 is 27.1 Å². The van der Waals surface area contributed by atoms with Gasteiger partial charge in [0.25, 0.3) is 0 Å². The maximum atomic E-state index is 14.8. The summed E-state index contributed by atoms with van der Waals surface area (Å²) in [5, 5.41) is 22.7. The van der Waals surface area contributed by atoms with Gasteiger partial charge in [-0.05, 0) is 43.9 Å². The van der Waals surface area contributed by atoms with Gasteiger partial charge in [0.2, 0.25) is 10.0 Å². The molecule has 1 spiro atoms. The van der Waals surface area contributed by atoms with Gasteiger partial charge in [0, 0.05) is 6.07 Å². The second-order valence-electron chi connectivity index (χ2n) is 7.97. The predicted octanol–water partition coefficient (Wildman–Crippen LogP) is 3.96. The highest BCUT2D eigenvalue weighted by Gasteiger charge is 2.56. The van der Waals surface area contributed by atoms with Gasteiger partial charge in [-0.1, -0.05) is 19.9 Å². The fraction of sp³-hybridized carbons (Fsp3) is 0.455. The molecule has 2 unspecified atom stereocenters. The molecule has 1 aliphatic carbocycles. The quantitative estimate of drug-likeness (QED) is 0.510. The van der Waals surface area contributed by atoms with Crippen molar-refractivity contribution < 1.29 is 36.5 Å². The topological polar surface area (TPSA) is 108 Å². The van der Waals surface area contributed by atoms with Crippen molar-refractivity contribution in [3.05, 3.63) is 47.3 Å². The summed E-state index contributed by atoms with van der Waals surface area (Å²) in [6.07, 6.45) is -2.63. The average Bonchev–Trinajstić information content (AvgIpc) is 3.55. The third-order valence-electron chi connectivity index (χ3n) is 5.62. The first kappa shape index (κ1) is 25.1. The minimum atomic E-state index is -4.20. The maximum Gasteiger partial charge on any atom is 0.238 e. The van der Waals surface area contributed by atoms with E-state index in [0.29, 0.717) is 11.6 Å². The molecule has 0 aromatic heterocycles. The SMILES string of the molecule is CC.Cc1ccc(Nc2c(F)c(F)cc3c2NS(=O)(=O)C2(CC2)CC(O)C(O)CO3)c(F)c1. The van der Waals surface area contributed by atoms with Gasteiger partial charge in [0.15, 0.2) is 11.6 Å². The summed E-state index contributed by atoms with van der Waals surface area (Å²) in [5.74, 6) is -3.98. The van der Waals surface area contributed by atoms with Crippen LogP contribution in [0.4, 0.5) is 30.2 Å². The second-order valence-corrected chi connectivity index (χ2v) is 10.0. The number of ether oxygens (including phenoxy) is 1. The number of nitrogens with one attached hydrogen (secondary N) is 2. The highest BCUT2D eigenvalue weighted by atomic mass is 32.2. The number of aliphatic hydroxyl groups excluding tert-OH is 2. The van der Waals surface area contributed by atoms with E-state index < -0.39 is 68.2 Å². The van der Waals surface area contributed by atoms with Gasteiger partial charge in [0.05, 0.1) is 16.5 Å². The van der Waals surface area contributed by atoms with E-state index >= 15 is 0 Å². The van der Waals surface area contributed by atoms with Crippen molar-refractivity contribution in [3.63, 3.8) is 0 Å². The van der Waals surface area contributed by atoms with E-state index in [1.165, 1.54) is 12.1 Å². The maximum absolute atomic E-state index is 14.8. The zero-order chi connectivity index (χ0) is 24.6. The molecular weight excluding hydrogens is 461 g/mol. The lowest BCUT2D eigenvalue weighted by molar-refractivity contribution is -0.0129. The fourth-order valence-electron chi connectivity index (χ4n) is 3.56. The molecule has 4 N–H and O–H groups in total. The number of fused-ring (bicyclic) bond motifs is 1. The number of anilines is 3. The van der Waals surface area contributed by atoms with Crippen LogP contribution >= 0.6 is 0 Å². The Kier molecular flexibility index (Phi) is 7.15. The molecule has 33 heavy (non-hydrogen) atoms. The molecule has 0 amide bonds. The number of rotatable bonds is 2. The summed E-state index contributed by atoms with van der Waals surface area (Å²) >= 11 is 0. The Hall–Kier alpha value is -2.50. The summed E-state index contributed by atoms with van der Waals surface area (Å²) in [4.78, 5) is 0. The van der Waals surface area contributed by atoms with Crippen LogP contribution in [0.3, 0.4) is 0 Å². The molecule has 0 saturated heterocycles. The van der Waals surface area contributed by atoms with Gasteiger partial charge >= 0.3 is 0 Å². The minimum absolute atomic E-state index is 0.204. The van der Waals surface area contributed by atoms with Crippen molar-refractivity contribution in [1.82, 2.24) is 0 Å². The Morgan fingerprint density at radius 1 is 1.09 bits per heavy atom. The summed E-state index contributed by atoms with van der Waals surface area (Å²) in [6.45, 7) is 5.16. The molecule has 1 heterocycles. The molecule has 2 aliphatic rings. The highest BCUT2D eigenvalue weighted by molar-refractivity contribution is 7.94. The molecule has 1 aliphatic heterocycles. The summed E-state index contributed by atoms with van der Waals surface area (Å²) < 4.78 is 75.7. The Labute approximate surface area is 190 Å². The van der Waals surface area contributed by atoms with Crippen LogP contribution in [0.5, 0.6) is 5.75 Å². The molecule has 0 radical (unpaired) electrons. The number of aliphatic hydroxyl groups is 2. The molecule has 2 aromatic carbocycles. The van der Waals surface area contributed by atoms with Crippen molar-refractivity contribution in [3.8, 4) is 5.75 Å². The van der Waals surface area contributed by atoms with Gasteiger partial charge in [-0.25, -0.2) is 21.6 Å². The van der Waals surface area contributed by atoms with Crippen LogP contribution in [0.25, 0.3) is 0 Å². The molecule has 11 heteroatoms. The number of hydrogen-bond donors (Lipinski definition) is 4. The van der Waals surface area contributed by atoms with Crippen molar-refractivity contribution in [2.45, 2.75) is 57.0 Å². The first-order valence-corrected chi connectivity index (χ1v) is 12.1. The summed E-state index contributed by atoms with van der Waals surface area (Å²) in [5.41, 5.74) is -0.718. The lowest BCUT2D eigenvalue weighted by atomic mass is 10.1. The summed E-state index contributed by atoms with van der Waals surface area (Å²) in [7, 11) is -4.20. The molecule has 2 atom stereocenters. The number of halogens is 3. The van der Waals surface area contributed by atoms with Crippen molar-refractivity contribution in [2.24, 2.45) is 0 Å². The lowest BCUT2D eigenvalue weighted by Gasteiger charge is -2.28. The minimum Gasteiger partial charge on any atom is -0.488 e. The third-order valence-corrected chi connectivity index (χ3v) is 7.80. The average molecular weight is 489 g/mol. The highest BCUT2D eigenvalue weighted by Crippen LogP contribution is 2.50. The van der Waals surface area contributed by atoms with Gasteiger partial charge in [-0.3, -0.25) is 4.72 Å². The van der Waals surface area contributed by atoms with Gasteiger partial charge < -0.3 is 20.3 Å². The zero-order valence-corrected chi connectivity index (χ0v) is 19.3. The number of sulfonamides is 1. The van der Waals surface area contributed by atoms with E-state index in [2.05, 4.69) is 10.0 Å². The van der Waals surface area contributed by atoms with Gasteiger partial charge in [0.1, 0.15) is 35.7 Å². The largest absolute Gasteiger partial charge is 0.488 e. The Morgan fingerprint density at radius 2 is 1.76 bits per heavy atom. The Bertz CT molecular complexity index is 1140. The van der Waals surface area contributed by atoms with Crippen LogP contribution in [0.15, 0.2) is 24.3 Å². The van der Waals surface area contributed by atoms with E-state index in [9.17, 15) is 31.8 Å². The fourth-order valence-corrected chi connectivity index (χ4v) is 5.28. The van der Waals surface area contributed by atoms with E-state index in [-0.39, 0.29) is 24.9 Å². The predicted molar refractivity (Wildman–Crippen MR) is 119 cm³/mol. The number of aryl methyl sites for hydroxylation is 1. The molecule has 0 bridgehead atoms. The second kappa shape index (κ2) is 9.40. The van der Waals surface area contributed by atoms with Crippen LogP contribution in [0.2, 0.25) is 0 Å². The monoisotopic (exact) mass is 488 g/mol. The van der Waals surface area contributed by atoms with Crippen molar-refractivity contribution in [1.29, 1.82) is 0 Å². The molecule has 1 fully saturated rings. The molecule has 4 rings (SSSR count). The van der Waals surface area contributed by atoms with Crippen LogP contribution in [-0.2, 0) is 10.0 Å². The van der Waals surface area contributed by atoms with Crippen LogP contribution in [0, 0.1) is 24.4 Å². The molecular formula is C22H27F3N2O5S. The normalized spacial score (nSPS) is 22.7. The van der Waals surface area contributed by atoms with E-state index in [1.807, 2.05) is 13.8 Å². The Morgan fingerprint density at radius 3 is 2.36 bits per heavy atom. The van der Waals surface area contributed by atoms with E-state index in [0.717, 1.165) is 0 Å². The van der Waals surface area contributed by atoms with Crippen LogP contribution in [-0.4, -0.2) is 42.2 Å². The lowest BCUT2D eigenvalue weighted by Crippen LogP contribution is -2.41. The molecule has 182 valence electrons. The van der Waals surface area contributed by atoms with E-state index in [1.54, 1.807) is 13.0 Å². The molecule has 1 saturated carbocycles. The van der Waals surface area contributed by atoms with Crippen LogP contribution in [0.1, 0.15) is 38.7 Å². The molecule has 7 nitrogen and oxygen atoms in total. The molecule has 2 aromatic rings. The van der Waals surface area contributed by atoms with Crippen molar-refractivity contribution in [2.75, 3.05) is 16.6 Å². The standard InChI is InChI=1S/C20H21F3N2O5S.C2H6/c1-10-2-3-13(11(21)6-10)24-19-17(23)12(22)7-16-18(19)25-31(28,29)20(4-5-20)8-14(26)15(27)9-30-16;1-2/h2-3,6-7,14-15,24-27H,4-5,8-9H2,1H3;1-2H3. The first-order valence-electron chi connectivity index (χ1n) is 10.6. The third kappa shape index (κ3) is 4.90.